The molecule has 110 valence electrons. The summed E-state index contributed by atoms with van der Waals surface area (Å²) < 4.78 is 0.702. The molecule has 8 heteroatoms. The van der Waals surface area contributed by atoms with Crippen LogP contribution in [0.1, 0.15) is 13.3 Å². The fourth-order valence-electron chi connectivity index (χ4n) is 2.71. The number of aliphatic hydroxyl groups is 1. The number of fused-ring (bicyclic) bond motifs is 1. The Bertz CT molecular complexity index is 488. The zero-order valence-corrected chi connectivity index (χ0v) is 12.5. The normalized spacial score (nSPS) is 34.2. The number of carboxylic acid groups (broad SMARTS) is 1. The van der Waals surface area contributed by atoms with Crippen LogP contribution in [0.4, 0.5) is 0 Å². The van der Waals surface area contributed by atoms with Crippen molar-refractivity contribution in [3.05, 3.63) is 9.93 Å². The molecule has 3 N–H and O–H groups in total. The maximum Gasteiger partial charge on any atom is 0.354 e. The Morgan fingerprint density at radius 3 is 2.90 bits per heavy atom. The van der Waals surface area contributed by atoms with Crippen molar-refractivity contribution in [2.75, 3.05) is 13.1 Å². The average molecular weight is 316 g/mol. The molecule has 2 fully saturated rings. The van der Waals surface area contributed by atoms with E-state index in [1.165, 1.54) is 28.4 Å². The van der Waals surface area contributed by atoms with Gasteiger partial charge in [0.2, 0.25) is 5.91 Å². The fourth-order valence-corrected chi connectivity index (χ4v) is 6.00. The van der Waals surface area contributed by atoms with Crippen molar-refractivity contribution in [3.8, 4) is 0 Å². The lowest BCUT2D eigenvalue weighted by Gasteiger charge is -2.43. The van der Waals surface area contributed by atoms with E-state index in [4.69, 9.17) is 0 Å². The van der Waals surface area contributed by atoms with E-state index < -0.39 is 18.0 Å². The summed E-state index contributed by atoms with van der Waals surface area (Å²) in [5.74, 6) is -1.84. The van der Waals surface area contributed by atoms with Gasteiger partial charge in [0, 0.05) is 11.8 Å². The molecule has 4 atom stereocenters. The second-order valence-corrected chi connectivity index (χ2v) is 7.85. The van der Waals surface area contributed by atoms with Gasteiger partial charge in [-0.3, -0.25) is 9.69 Å². The summed E-state index contributed by atoms with van der Waals surface area (Å²) in [5.41, 5.74) is 0.0961. The predicted octanol–water partition coefficient (Wildman–Crippen LogP) is 0.247. The van der Waals surface area contributed by atoms with Gasteiger partial charge < -0.3 is 15.5 Å². The first-order chi connectivity index (χ1) is 9.50. The smallest absolute Gasteiger partial charge is 0.354 e. The van der Waals surface area contributed by atoms with Gasteiger partial charge in [0.05, 0.1) is 16.3 Å². The number of aliphatic carboxylic acids is 1. The number of aliphatic hydroxyl groups excluding tert-OH is 1. The molecule has 3 rings (SSSR count). The molecule has 0 saturated carbocycles. The summed E-state index contributed by atoms with van der Waals surface area (Å²) in [6, 6.07) is 0. The summed E-state index contributed by atoms with van der Waals surface area (Å²) in [4.78, 5) is 24.8. The van der Waals surface area contributed by atoms with Gasteiger partial charge in [-0.2, -0.15) is 0 Å². The number of carboxylic acids is 1. The lowest BCUT2D eigenvalue weighted by Crippen LogP contribution is -2.60. The third kappa shape index (κ3) is 2.14. The standard InChI is InChI=1S/C12H16N2O4S2/c1-5(15)7-9(16)14-8(11(17)18)12(20-10(7)14)19-6-2-3-13-4-6/h5-7,10,13,15H,2-4H2,1H3,(H,17,18)/t5-,6-,7+,10+/m0/s1. The van der Waals surface area contributed by atoms with Crippen LogP contribution in [0, 0.1) is 5.92 Å². The van der Waals surface area contributed by atoms with E-state index in [0.717, 1.165) is 19.5 Å². The van der Waals surface area contributed by atoms with E-state index in [9.17, 15) is 19.8 Å². The van der Waals surface area contributed by atoms with Crippen LogP contribution < -0.4 is 5.32 Å². The molecule has 3 aliphatic heterocycles. The molecule has 2 saturated heterocycles. The first kappa shape index (κ1) is 14.2. The van der Waals surface area contributed by atoms with Crippen LogP contribution in [0.2, 0.25) is 0 Å². The number of thioether (sulfide) groups is 2. The van der Waals surface area contributed by atoms with Crippen molar-refractivity contribution in [3.63, 3.8) is 0 Å². The number of carbonyl (C=O) groups excluding carboxylic acids is 1. The van der Waals surface area contributed by atoms with Gasteiger partial charge in [-0.1, -0.05) is 11.8 Å². The van der Waals surface area contributed by atoms with E-state index in [1.807, 2.05) is 0 Å². The van der Waals surface area contributed by atoms with Crippen molar-refractivity contribution in [1.29, 1.82) is 0 Å². The minimum Gasteiger partial charge on any atom is -0.477 e. The second-order valence-electron chi connectivity index (χ2n) is 5.16. The van der Waals surface area contributed by atoms with Crippen molar-refractivity contribution in [2.45, 2.75) is 30.1 Å². The highest BCUT2D eigenvalue weighted by molar-refractivity contribution is 8.23. The third-order valence-corrected chi connectivity index (χ3v) is 6.63. The third-order valence-electron chi connectivity index (χ3n) is 3.76. The molecule has 0 unspecified atom stereocenters. The molecule has 3 heterocycles. The monoisotopic (exact) mass is 316 g/mol. The predicted molar refractivity (Wildman–Crippen MR) is 76.9 cm³/mol. The Labute approximate surface area is 125 Å². The molecular formula is C12H16N2O4S2. The minimum atomic E-state index is -1.06. The molecule has 0 aromatic rings. The Morgan fingerprint density at radius 2 is 2.35 bits per heavy atom. The molecule has 0 radical (unpaired) electrons. The van der Waals surface area contributed by atoms with Crippen LogP contribution in [0.3, 0.4) is 0 Å². The molecule has 0 aliphatic carbocycles. The van der Waals surface area contributed by atoms with Gasteiger partial charge in [-0.05, 0) is 19.9 Å². The zero-order valence-electron chi connectivity index (χ0n) is 10.9. The van der Waals surface area contributed by atoms with Gasteiger partial charge in [0.25, 0.3) is 0 Å². The number of rotatable bonds is 4. The van der Waals surface area contributed by atoms with Crippen molar-refractivity contribution < 1.29 is 19.8 Å². The zero-order chi connectivity index (χ0) is 14.4. The summed E-state index contributed by atoms with van der Waals surface area (Å²) in [7, 11) is 0. The van der Waals surface area contributed by atoms with Crippen molar-refractivity contribution in [1.82, 2.24) is 10.2 Å². The van der Waals surface area contributed by atoms with E-state index in [0.29, 0.717) is 9.49 Å². The summed E-state index contributed by atoms with van der Waals surface area (Å²) in [6.45, 7) is 3.38. The van der Waals surface area contributed by atoms with Gasteiger partial charge in [-0.25, -0.2) is 4.79 Å². The molecule has 0 spiro atoms. The van der Waals surface area contributed by atoms with Crippen LogP contribution >= 0.6 is 23.5 Å². The number of nitrogens with zero attached hydrogens (tertiary/aromatic N) is 1. The van der Waals surface area contributed by atoms with Gasteiger partial charge in [0.15, 0.2) is 5.70 Å². The van der Waals surface area contributed by atoms with E-state index in [2.05, 4.69) is 5.32 Å². The van der Waals surface area contributed by atoms with Crippen LogP contribution in [0.5, 0.6) is 0 Å². The Kier molecular flexibility index (Phi) is 3.74. The molecule has 0 aromatic heterocycles. The van der Waals surface area contributed by atoms with Gasteiger partial charge in [0.1, 0.15) is 5.37 Å². The summed E-state index contributed by atoms with van der Waals surface area (Å²) >= 11 is 2.94. The largest absolute Gasteiger partial charge is 0.477 e. The van der Waals surface area contributed by atoms with Gasteiger partial charge in [-0.15, -0.1) is 11.8 Å². The quantitative estimate of drug-likeness (QED) is 0.640. The lowest BCUT2D eigenvalue weighted by atomic mass is 9.92. The molecular weight excluding hydrogens is 300 g/mol. The van der Waals surface area contributed by atoms with E-state index in [-0.39, 0.29) is 17.0 Å². The Morgan fingerprint density at radius 1 is 1.60 bits per heavy atom. The maximum atomic E-state index is 12.0. The average Bonchev–Trinajstić information content (AvgIpc) is 2.95. The highest BCUT2D eigenvalue weighted by atomic mass is 32.2. The molecule has 3 aliphatic rings. The van der Waals surface area contributed by atoms with Crippen LogP contribution in [0.25, 0.3) is 0 Å². The highest BCUT2D eigenvalue weighted by Gasteiger charge is 2.57. The highest BCUT2D eigenvalue weighted by Crippen LogP contribution is 2.54. The van der Waals surface area contributed by atoms with Gasteiger partial charge >= 0.3 is 5.97 Å². The molecule has 6 nitrogen and oxygen atoms in total. The number of amides is 1. The lowest BCUT2D eigenvalue weighted by molar-refractivity contribution is -0.156. The summed E-state index contributed by atoms with van der Waals surface area (Å²) in [5, 5.41) is 22.3. The number of hydrogen-bond acceptors (Lipinski definition) is 6. The minimum absolute atomic E-state index is 0.0961. The van der Waals surface area contributed by atoms with Crippen molar-refractivity contribution >= 4 is 35.4 Å². The number of carbonyl (C=O) groups is 2. The SMILES string of the molecule is C[C@H](O)[C@@H]1C(=O)N2C(C(=O)O)=C(S[C@H]3CCNC3)S[C@H]12. The first-order valence-electron chi connectivity index (χ1n) is 6.53. The molecule has 20 heavy (non-hydrogen) atoms. The molecule has 0 aromatic carbocycles. The maximum absolute atomic E-state index is 12.0. The van der Waals surface area contributed by atoms with Crippen LogP contribution in [-0.2, 0) is 9.59 Å². The van der Waals surface area contributed by atoms with E-state index in [1.54, 1.807) is 6.92 Å². The number of β-lactam (4-membered cyclic amide) rings is 1. The van der Waals surface area contributed by atoms with Crippen molar-refractivity contribution in [2.24, 2.45) is 5.92 Å². The second kappa shape index (κ2) is 5.25. The first-order valence-corrected chi connectivity index (χ1v) is 8.29. The topological polar surface area (TPSA) is 89.9 Å². The van der Waals surface area contributed by atoms with E-state index >= 15 is 0 Å². The fraction of sp³-hybridized carbons (Fsp3) is 0.667. The Hall–Kier alpha value is -0.700. The molecule has 0 bridgehead atoms. The molecule has 1 amide bonds. The number of nitrogens with one attached hydrogen (secondary N) is 1. The van der Waals surface area contributed by atoms with Crippen LogP contribution in [-0.4, -0.2) is 56.8 Å². The number of hydrogen-bond donors (Lipinski definition) is 3. The summed E-state index contributed by atoms with van der Waals surface area (Å²) in [6.07, 6.45) is 0.254. The Balaban J connectivity index is 1.81. The van der Waals surface area contributed by atoms with Crippen LogP contribution in [0.15, 0.2) is 9.93 Å².